The molecule has 0 spiro atoms. The SMILES string of the molecule is C=C(C)/C=C\C(=C)C(C)CCOC. The van der Waals surface area contributed by atoms with Crippen LogP contribution in [0.2, 0.25) is 0 Å². The topological polar surface area (TPSA) is 9.23 Å². The molecule has 1 nitrogen and oxygen atoms in total. The van der Waals surface area contributed by atoms with Gasteiger partial charge in [-0.3, -0.25) is 0 Å². The molecule has 0 N–H and O–H groups in total. The zero-order valence-electron chi connectivity index (χ0n) is 8.97. The van der Waals surface area contributed by atoms with Gasteiger partial charge in [-0.05, 0) is 19.3 Å². The van der Waals surface area contributed by atoms with Gasteiger partial charge in [0.2, 0.25) is 0 Å². The van der Waals surface area contributed by atoms with E-state index in [1.54, 1.807) is 7.11 Å². The van der Waals surface area contributed by atoms with Gasteiger partial charge in [-0.1, -0.05) is 43.4 Å². The molecule has 0 radical (unpaired) electrons. The molecule has 0 saturated heterocycles. The number of rotatable bonds is 6. The zero-order valence-corrected chi connectivity index (χ0v) is 8.97. The molecule has 1 heteroatoms. The summed E-state index contributed by atoms with van der Waals surface area (Å²) in [6, 6.07) is 0. The summed E-state index contributed by atoms with van der Waals surface area (Å²) in [6.45, 7) is 12.7. The lowest BCUT2D eigenvalue weighted by Gasteiger charge is -2.10. The average molecular weight is 180 g/mol. The predicted octanol–water partition coefficient (Wildman–Crippen LogP) is 3.35. The van der Waals surface area contributed by atoms with Crippen LogP contribution in [0.1, 0.15) is 20.3 Å². The van der Waals surface area contributed by atoms with Crippen LogP contribution in [-0.2, 0) is 4.74 Å². The molecule has 0 heterocycles. The maximum atomic E-state index is 5.01. The monoisotopic (exact) mass is 180 g/mol. The van der Waals surface area contributed by atoms with Crippen LogP contribution in [0, 0.1) is 5.92 Å². The molecule has 0 amide bonds. The van der Waals surface area contributed by atoms with Crippen molar-refractivity contribution in [1.29, 1.82) is 0 Å². The molecule has 74 valence electrons. The molecule has 0 bridgehead atoms. The van der Waals surface area contributed by atoms with Crippen molar-refractivity contribution >= 4 is 0 Å². The highest BCUT2D eigenvalue weighted by Crippen LogP contribution is 2.14. The van der Waals surface area contributed by atoms with Gasteiger partial charge in [0.05, 0.1) is 0 Å². The summed E-state index contributed by atoms with van der Waals surface area (Å²) in [7, 11) is 1.72. The lowest BCUT2D eigenvalue weighted by molar-refractivity contribution is 0.185. The molecule has 1 unspecified atom stereocenters. The van der Waals surface area contributed by atoms with E-state index in [4.69, 9.17) is 4.74 Å². The van der Waals surface area contributed by atoms with Gasteiger partial charge in [0, 0.05) is 13.7 Å². The fraction of sp³-hybridized carbons (Fsp3) is 0.500. The van der Waals surface area contributed by atoms with Crippen molar-refractivity contribution in [3.63, 3.8) is 0 Å². The van der Waals surface area contributed by atoms with Crippen LogP contribution in [-0.4, -0.2) is 13.7 Å². The van der Waals surface area contributed by atoms with Crippen LogP contribution in [0.3, 0.4) is 0 Å². The Hall–Kier alpha value is -0.820. The highest BCUT2D eigenvalue weighted by atomic mass is 16.5. The minimum absolute atomic E-state index is 0.482. The summed E-state index contributed by atoms with van der Waals surface area (Å²) < 4.78 is 5.01. The third kappa shape index (κ3) is 6.35. The van der Waals surface area contributed by atoms with Crippen LogP contribution >= 0.6 is 0 Å². The molecule has 0 aliphatic carbocycles. The smallest absolute Gasteiger partial charge is 0.0467 e. The first-order valence-corrected chi connectivity index (χ1v) is 4.59. The minimum Gasteiger partial charge on any atom is -0.385 e. The number of ether oxygens (including phenoxy) is 1. The number of hydrogen-bond donors (Lipinski definition) is 0. The molecular formula is C12H20O. The van der Waals surface area contributed by atoms with Gasteiger partial charge in [0.1, 0.15) is 0 Å². The molecule has 0 saturated carbocycles. The summed E-state index contributed by atoms with van der Waals surface area (Å²) in [5.74, 6) is 0.482. The van der Waals surface area contributed by atoms with Gasteiger partial charge in [0.25, 0.3) is 0 Å². The van der Waals surface area contributed by atoms with E-state index in [2.05, 4.69) is 20.1 Å². The first-order chi connectivity index (χ1) is 6.07. The lowest BCUT2D eigenvalue weighted by Crippen LogP contribution is -2.01. The Bertz CT molecular complexity index is 201. The molecule has 0 rings (SSSR count). The predicted molar refractivity (Wildman–Crippen MR) is 58.8 cm³/mol. The van der Waals surface area contributed by atoms with Crippen molar-refractivity contribution in [3.05, 3.63) is 36.5 Å². The largest absolute Gasteiger partial charge is 0.385 e. The van der Waals surface area contributed by atoms with E-state index in [1.807, 2.05) is 19.1 Å². The van der Waals surface area contributed by atoms with Crippen molar-refractivity contribution in [2.75, 3.05) is 13.7 Å². The lowest BCUT2D eigenvalue weighted by atomic mass is 9.99. The van der Waals surface area contributed by atoms with Gasteiger partial charge in [-0.2, -0.15) is 0 Å². The quantitative estimate of drug-likeness (QED) is 0.570. The molecule has 0 fully saturated rings. The standard InChI is InChI=1S/C12H20O/c1-10(2)6-7-11(3)12(4)8-9-13-5/h6-7,12H,1,3,8-9H2,2,4-5H3/b7-6-. The second-order valence-electron chi connectivity index (χ2n) is 3.44. The molecular weight excluding hydrogens is 160 g/mol. The summed E-state index contributed by atoms with van der Waals surface area (Å²) in [5.41, 5.74) is 2.19. The average Bonchev–Trinajstić information content (AvgIpc) is 2.10. The Morgan fingerprint density at radius 2 is 2.00 bits per heavy atom. The Balaban J connectivity index is 3.89. The minimum atomic E-state index is 0.482. The van der Waals surface area contributed by atoms with E-state index in [9.17, 15) is 0 Å². The second-order valence-corrected chi connectivity index (χ2v) is 3.44. The highest BCUT2D eigenvalue weighted by Gasteiger charge is 2.02. The van der Waals surface area contributed by atoms with Gasteiger partial charge in [0.15, 0.2) is 0 Å². The maximum Gasteiger partial charge on any atom is 0.0467 e. The van der Waals surface area contributed by atoms with E-state index in [1.165, 1.54) is 0 Å². The van der Waals surface area contributed by atoms with Crippen molar-refractivity contribution in [3.8, 4) is 0 Å². The molecule has 0 aromatic heterocycles. The van der Waals surface area contributed by atoms with Gasteiger partial charge in [-0.15, -0.1) is 0 Å². The zero-order chi connectivity index (χ0) is 10.3. The molecule has 0 aromatic rings. The van der Waals surface area contributed by atoms with Crippen molar-refractivity contribution in [2.45, 2.75) is 20.3 Å². The third-order valence-corrected chi connectivity index (χ3v) is 1.97. The number of allylic oxidation sites excluding steroid dienone is 4. The summed E-state index contributed by atoms with van der Waals surface area (Å²) in [4.78, 5) is 0. The van der Waals surface area contributed by atoms with E-state index >= 15 is 0 Å². The normalized spacial score (nSPS) is 13.2. The Morgan fingerprint density at radius 3 is 2.46 bits per heavy atom. The maximum absolute atomic E-state index is 5.01. The van der Waals surface area contributed by atoms with Crippen molar-refractivity contribution in [2.24, 2.45) is 5.92 Å². The van der Waals surface area contributed by atoms with Crippen LogP contribution in [0.5, 0.6) is 0 Å². The van der Waals surface area contributed by atoms with E-state index in [0.717, 1.165) is 24.2 Å². The Morgan fingerprint density at radius 1 is 1.38 bits per heavy atom. The van der Waals surface area contributed by atoms with Crippen LogP contribution in [0.25, 0.3) is 0 Å². The molecule has 1 atom stereocenters. The van der Waals surface area contributed by atoms with Crippen LogP contribution < -0.4 is 0 Å². The van der Waals surface area contributed by atoms with Crippen molar-refractivity contribution in [1.82, 2.24) is 0 Å². The van der Waals surface area contributed by atoms with Gasteiger partial charge < -0.3 is 4.74 Å². The fourth-order valence-corrected chi connectivity index (χ4v) is 0.894. The van der Waals surface area contributed by atoms with Crippen molar-refractivity contribution < 1.29 is 4.74 Å². The summed E-state index contributed by atoms with van der Waals surface area (Å²) in [5, 5.41) is 0. The number of hydrogen-bond acceptors (Lipinski definition) is 1. The Kier molecular flexibility index (Phi) is 6.25. The van der Waals surface area contributed by atoms with Gasteiger partial charge >= 0.3 is 0 Å². The second kappa shape index (κ2) is 6.67. The molecule has 0 aliphatic heterocycles. The molecule has 13 heavy (non-hydrogen) atoms. The highest BCUT2D eigenvalue weighted by molar-refractivity contribution is 5.24. The number of methoxy groups -OCH3 is 1. The first-order valence-electron chi connectivity index (χ1n) is 4.59. The van der Waals surface area contributed by atoms with E-state index in [-0.39, 0.29) is 0 Å². The Labute approximate surface area is 81.8 Å². The van der Waals surface area contributed by atoms with Crippen LogP contribution in [0.4, 0.5) is 0 Å². The molecule has 0 aromatic carbocycles. The molecule has 0 aliphatic rings. The van der Waals surface area contributed by atoms with Gasteiger partial charge in [-0.25, -0.2) is 0 Å². The fourth-order valence-electron chi connectivity index (χ4n) is 0.894. The van der Waals surface area contributed by atoms with E-state index in [0.29, 0.717) is 5.92 Å². The van der Waals surface area contributed by atoms with Crippen LogP contribution in [0.15, 0.2) is 36.5 Å². The summed E-state index contributed by atoms with van der Waals surface area (Å²) in [6.07, 6.45) is 5.05. The summed E-state index contributed by atoms with van der Waals surface area (Å²) >= 11 is 0. The third-order valence-electron chi connectivity index (χ3n) is 1.97. The van der Waals surface area contributed by atoms with E-state index < -0.39 is 0 Å². The first kappa shape index (κ1) is 12.2.